The fourth-order valence-electron chi connectivity index (χ4n) is 0.987. The normalized spacial score (nSPS) is 8.38. The molecular formula is C11H7N3O2. The van der Waals surface area contributed by atoms with E-state index in [1.165, 1.54) is 18.3 Å². The zero-order chi connectivity index (χ0) is 12.0. The SMILES string of the molecule is N#CC(C#N)=CNc1cccc(C(=O)O)c1. The van der Waals surface area contributed by atoms with E-state index < -0.39 is 5.97 Å². The zero-order valence-electron chi connectivity index (χ0n) is 8.14. The number of carbonyl (C=O) groups is 1. The Kier molecular flexibility index (Phi) is 3.65. The van der Waals surface area contributed by atoms with Crippen LogP contribution in [0.1, 0.15) is 10.4 Å². The molecule has 1 aromatic rings. The van der Waals surface area contributed by atoms with Crippen molar-refractivity contribution in [2.75, 3.05) is 5.32 Å². The van der Waals surface area contributed by atoms with E-state index in [1.54, 1.807) is 24.3 Å². The third-order valence-corrected chi connectivity index (χ3v) is 1.73. The van der Waals surface area contributed by atoms with Crippen LogP contribution in [0.3, 0.4) is 0 Å². The average Bonchev–Trinajstić information content (AvgIpc) is 2.31. The summed E-state index contributed by atoms with van der Waals surface area (Å²) in [5.41, 5.74) is 0.553. The topological polar surface area (TPSA) is 96.9 Å². The van der Waals surface area contributed by atoms with Crippen LogP contribution in [0.15, 0.2) is 36.0 Å². The number of aromatic carboxylic acids is 1. The maximum Gasteiger partial charge on any atom is 0.335 e. The molecule has 0 amide bonds. The summed E-state index contributed by atoms with van der Waals surface area (Å²) in [6.07, 6.45) is 1.22. The van der Waals surface area contributed by atoms with E-state index >= 15 is 0 Å². The number of nitriles is 2. The Morgan fingerprint density at radius 3 is 2.62 bits per heavy atom. The Labute approximate surface area is 91.9 Å². The lowest BCUT2D eigenvalue weighted by Gasteiger charge is -2.01. The average molecular weight is 213 g/mol. The second kappa shape index (κ2) is 5.18. The van der Waals surface area contributed by atoms with Crippen molar-refractivity contribution in [2.45, 2.75) is 0 Å². The van der Waals surface area contributed by atoms with Gasteiger partial charge in [-0.3, -0.25) is 0 Å². The molecular weight excluding hydrogens is 206 g/mol. The number of nitrogens with zero attached hydrogens (tertiary/aromatic N) is 2. The van der Waals surface area contributed by atoms with Gasteiger partial charge in [-0.05, 0) is 18.2 Å². The van der Waals surface area contributed by atoms with Crippen molar-refractivity contribution in [1.29, 1.82) is 10.5 Å². The number of carboxylic acid groups (broad SMARTS) is 1. The lowest BCUT2D eigenvalue weighted by Crippen LogP contribution is -1.97. The van der Waals surface area contributed by atoms with Gasteiger partial charge < -0.3 is 10.4 Å². The number of anilines is 1. The van der Waals surface area contributed by atoms with Crippen LogP contribution in [0.5, 0.6) is 0 Å². The van der Waals surface area contributed by atoms with Gasteiger partial charge in [0.2, 0.25) is 0 Å². The zero-order valence-corrected chi connectivity index (χ0v) is 8.14. The summed E-state index contributed by atoms with van der Waals surface area (Å²) in [4.78, 5) is 10.7. The van der Waals surface area contributed by atoms with Gasteiger partial charge in [-0.2, -0.15) is 10.5 Å². The van der Waals surface area contributed by atoms with Gasteiger partial charge in [0, 0.05) is 11.9 Å². The number of hydrogen-bond acceptors (Lipinski definition) is 4. The highest BCUT2D eigenvalue weighted by Crippen LogP contribution is 2.10. The van der Waals surface area contributed by atoms with Gasteiger partial charge in [-0.1, -0.05) is 6.07 Å². The van der Waals surface area contributed by atoms with Gasteiger partial charge in [-0.25, -0.2) is 4.79 Å². The van der Waals surface area contributed by atoms with Crippen LogP contribution >= 0.6 is 0 Å². The Morgan fingerprint density at radius 2 is 2.06 bits per heavy atom. The van der Waals surface area contributed by atoms with E-state index in [4.69, 9.17) is 15.6 Å². The molecule has 0 spiro atoms. The molecule has 2 N–H and O–H groups in total. The lowest BCUT2D eigenvalue weighted by molar-refractivity contribution is 0.0697. The molecule has 0 heterocycles. The van der Waals surface area contributed by atoms with Crippen molar-refractivity contribution >= 4 is 11.7 Å². The van der Waals surface area contributed by atoms with Crippen LogP contribution in [-0.4, -0.2) is 11.1 Å². The highest BCUT2D eigenvalue weighted by atomic mass is 16.4. The van der Waals surface area contributed by atoms with Crippen LogP contribution < -0.4 is 5.32 Å². The maximum absolute atomic E-state index is 10.7. The van der Waals surface area contributed by atoms with Crippen molar-refractivity contribution in [2.24, 2.45) is 0 Å². The summed E-state index contributed by atoms with van der Waals surface area (Å²) >= 11 is 0. The van der Waals surface area contributed by atoms with Crippen LogP contribution in [0.2, 0.25) is 0 Å². The molecule has 5 nitrogen and oxygen atoms in total. The fraction of sp³-hybridized carbons (Fsp3) is 0. The van der Waals surface area contributed by atoms with E-state index in [0.29, 0.717) is 5.69 Å². The number of nitrogens with one attached hydrogen (secondary N) is 1. The molecule has 0 radical (unpaired) electrons. The van der Waals surface area contributed by atoms with Crippen molar-refractivity contribution in [3.63, 3.8) is 0 Å². The molecule has 0 fully saturated rings. The summed E-state index contributed by atoms with van der Waals surface area (Å²) in [5, 5.41) is 28.3. The Balaban J connectivity index is 2.88. The van der Waals surface area contributed by atoms with Crippen molar-refractivity contribution < 1.29 is 9.90 Å². The van der Waals surface area contributed by atoms with Crippen molar-refractivity contribution in [1.82, 2.24) is 0 Å². The molecule has 16 heavy (non-hydrogen) atoms. The third-order valence-electron chi connectivity index (χ3n) is 1.73. The summed E-state index contributed by atoms with van der Waals surface area (Å²) in [7, 11) is 0. The van der Waals surface area contributed by atoms with Gasteiger partial charge >= 0.3 is 5.97 Å². The molecule has 0 aliphatic carbocycles. The quantitative estimate of drug-likeness (QED) is 0.745. The van der Waals surface area contributed by atoms with Gasteiger partial charge in [0.1, 0.15) is 17.7 Å². The predicted molar refractivity (Wildman–Crippen MR) is 56.3 cm³/mol. The summed E-state index contributed by atoms with van der Waals surface area (Å²) in [6.45, 7) is 0. The highest BCUT2D eigenvalue weighted by molar-refractivity contribution is 5.88. The first-order valence-corrected chi connectivity index (χ1v) is 4.27. The smallest absolute Gasteiger partial charge is 0.335 e. The molecule has 0 aliphatic heterocycles. The predicted octanol–water partition coefficient (Wildman–Crippen LogP) is 1.73. The van der Waals surface area contributed by atoms with Crippen LogP contribution in [0.25, 0.3) is 0 Å². The largest absolute Gasteiger partial charge is 0.478 e. The van der Waals surface area contributed by atoms with Crippen LogP contribution in [0, 0.1) is 22.7 Å². The number of allylic oxidation sites excluding steroid dienone is 1. The molecule has 0 bridgehead atoms. The third kappa shape index (κ3) is 2.86. The van der Waals surface area contributed by atoms with E-state index in [0.717, 1.165) is 0 Å². The van der Waals surface area contributed by atoms with E-state index in [-0.39, 0.29) is 11.1 Å². The number of hydrogen-bond donors (Lipinski definition) is 2. The first-order chi connectivity index (χ1) is 7.67. The molecule has 1 aromatic carbocycles. The number of rotatable bonds is 3. The van der Waals surface area contributed by atoms with Gasteiger partial charge in [0.25, 0.3) is 0 Å². The van der Waals surface area contributed by atoms with Crippen molar-refractivity contribution in [3.05, 3.63) is 41.6 Å². The standard InChI is InChI=1S/C11H7N3O2/c12-5-8(6-13)7-14-10-3-1-2-9(4-10)11(15)16/h1-4,7,14H,(H,15,16). The van der Waals surface area contributed by atoms with E-state index in [9.17, 15) is 4.79 Å². The van der Waals surface area contributed by atoms with Gasteiger partial charge in [-0.15, -0.1) is 0 Å². The molecule has 0 aliphatic rings. The first kappa shape index (κ1) is 11.3. The summed E-state index contributed by atoms with van der Waals surface area (Å²) < 4.78 is 0. The molecule has 1 rings (SSSR count). The van der Waals surface area contributed by atoms with Crippen molar-refractivity contribution in [3.8, 4) is 12.1 Å². The Bertz CT molecular complexity index is 505. The van der Waals surface area contributed by atoms with E-state index in [1.807, 2.05) is 0 Å². The lowest BCUT2D eigenvalue weighted by atomic mass is 10.2. The minimum atomic E-state index is -1.03. The minimum Gasteiger partial charge on any atom is -0.478 e. The number of carboxylic acids is 1. The Hall–Kier alpha value is -2.79. The second-order valence-corrected chi connectivity index (χ2v) is 2.81. The van der Waals surface area contributed by atoms with Gasteiger partial charge in [0.15, 0.2) is 0 Å². The molecule has 78 valence electrons. The first-order valence-electron chi connectivity index (χ1n) is 4.27. The van der Waals surface area contributed by atoms with Crippen LogP contribution in [-0.2, 0) is 0 Å². The highest BCUT2D eigenvalue weighted by Gasteiger charge is 2.02. The fourth-order valence-corrected chi connectivity index (χ4v) is 0.987. The van der Waals surface area contributed by atoms with Crippen LogP contribution in [0.4, 0.5) is 5.69 Å². The molecule has 0 unspecified atom stereocenters. The Morgan fingerprint density at radius 1 is 1.38 bits per heavy atom. The minimum absolute atomic E-state index is 0.0827. The molecule has 0 saturated carbocycles. The number of benzene rings is 1. The summed E-state index contributed by atoms with van der Waals surface area (Å²) in [5.74, 6) is -1.03. The molecule has 0 aromatic heterocycles. The monoisotopic (exact) mass is 213 g/mol. The second-order valence-electron chi connectivity index (χ2n) is 2.81. The van der Waals surface area contributed by atoms with E-state index in [2.05, 4.69) is 5.32 Å². The molecule has 0 atom stereocenters. The molecule has 0 saturated heterocycles. The maximum atomic E-state index is 10.7. The van der Waals surface area contributed by atoms with Gasteiger partial charge in [0.05, 0.1) is 5.56 Å². The molecule has 5 heteroatoms. The summed E-state index contributed by atoms with van der Waals surface area (Å²) in [6, 6.07) is 9.42.